The average Bonchev–Trinajstić information content (AvgIpc) is 2.67. The Balaban J connectivity index is 2.09. The summed E-state index contributed by atoms with van der Waals surface area (Å²) in [5.74, 6) is 0.992. The molecule has 72 valence electrons. The number of rotatable bonds is 2. The van der Waals surface area contributed by atoms with Gasteiger partial charge in [0.2, 0.25) is 0 Å². The number of hydrogen-bond donors (Lipinski definition) is 1. The number of aliphatic imine (C=N–C) groups is 1. The van der Waals surface area contributed by atoms with E-state index in [0.29, 0.717) is 0 Å². The standard InChI is InChI=1S/C12H14N2/c1-10-3-2-4-11(9-10)5-6-12-13-7-8-14-12/h2-6,9H,7-8H2,1H3,(H,13,14)/b6-5+. The smallest absolute Gasteiger partial charge is 0.120 e. The molecule has 1 aromatic rings. The second kappa shape index (κ2) is 4.09. The molecule has 0 bridgehead atoms. The minimum atomic E-state index is 0.896. The van der Waals surface area contributed by atoms with Crippen molar-refractivity contribution in [2.45, 2.75) is 6.92 Å². The molecule has 0 radical (unpaired) electrons. The van der Waals surface area contributed by atoms with E-state index in [1.54, 1.807) is 0 Å². The van der Waals surface area contributed by atoms with Crippen LogP contribution in [0.4, 0.5) is 0 Å². The molecule has 2 rings (SSSR count). The highest BCUT2D eigenvalue weighted by molar-refractivity contribution is 5.97. The van der Waals surface area contributed by atoms with Gasteiger partial charge < -0.3 is 5.32 Å². The van der Waals surface area contributed by atoms with Crippen molar-refractivity contribution in [1.29, 1.82) is 0 Å². The summed E-state index contributed by atoms with van der Waals surface area (Å²) >= 11 is 0. The first-order chi connectivity index (χ1) is 6.84. The minimum absolute atomic E-state index is 0.896. The number of nitrogens with zero attached hydrogens (tertiary/aromatic N) is 1. The van der Waals surface area contributed by atoms with Crippen molar-refractivity contribution in [2.75, 3.05) is 13.1 Å². The monoisotopic (exact) mass is 186 g/mol. The van der Waals surface area contributed by atoms with Crippen molar-refractivity contribution >= 4 is 11.9 Å². The normalized spacial score (nSPS) is 15.6. The highest BCUT2D eigenvalue weighted by Crippen LogP contribution is 2.05. The zero-order valence-electron chi connectivity index (χ0n) is 8.33. The fourth-order valence-electron chi connectivity index (χ4n) is 1.48. The molecule has 0 amide bonds. The van der Waals surface area contributed by atoms with Crippen LogP contribution in [-0.2, 0) is 0 Å². The molecule has 2 nitrogen and oxygen atoms in total. The topological polar surface area (TPSA) is 24.4 Å². The second-order valence-corrected chi connectivity index (χ2v) is 3.44. The van der Waals surface area contributed by atoms with Crippen molar-refractivity contribution < 1.29 is 0 Å². The average molecular weight is 186 g/mol. The molecule has 0 unspecified atom stereocenters. The molecule has 14 heavy (non-hydrogen) atoms. The van der Waals surface area contributed by atoms with E-state index in [4.69, 9.17) is 0 Å². The molecule has 0 spiro atoms. The third-order valence-electron chi connectivity index (χ3n) is 2.18. The molecular weight excluding hydrogens is 172 g/mol. The maximum atomic E-state index is 4.29. The van der Waals surface area contributed by atoms with Crippen LogP contribution in [0.3, 0.4) is 0 Å². The molecular formula is C12H14N2. The number of aryl methyl sites for hydroxylation is 1. The molecule has 0 aromatic heterocycles. The summed E-state index contributed by atoms with van der Waals surface area (Å²) in [7, 11) is 0. The maximum absolute atomic E-state index is 4.29. The lowest BCUT2D eigenvalue weighted by Gasteiger charge is -1.96. The van der Waals surface area contributed by atoms with Crippen molar-refractivity contribution in [3.8, 4) is 0 Å². The molecule has 1 N–H and O–H groups in total. The van der Waals surface area contributed by atoms with Crippen LogP contribution in [0.2, 0.25) is 0 Å². The van der Waals surface area contributed by atoms with Crippen LogP contribution in [0.25, 0.3) is 6.08 Å². The Labute approximate surface area is 84.4 Å². The van der Waals surface area contributed by atoms with Gasteiger partial charge in [-0.3, -0.25) is 4.99 Å². The summed E-state index contributed by atoms with van der Waals surface area (Å²) in [6, 6.07) is 8.42. The number of amidine groups is 1. The van der Waals surface area contributed by atoms with Crippen LogP contribution >= 0.6 is 0 Å². The first kappa shape index (κ1) is 9.00. The Bertz CT molecular complexity index is 378. The van der Waals surface area contributed by atoms with E-state index < -0.39 is 0 Å². The Kier molecular flexibility index (Phi) is 2.63. The second-order valence-electron chi connectivity index (χ2n) is 3.44. The Hall–Kier alpha value is -1.57. The van der Waals surface area contributed by atoms with Crippen molar-refractivity contribution in [2.24, 2.45) is 4.99 Å². The molecule has 2 heteroatoms. The maximum Gasteiger partial charge on any atom is 0.120 e. The van der Waals surface area contributed by atoms with Gasteiger partial charge in [0.25, 0.3) is 0 Å². The summed E-state index contributed by atoms with van der Waals surface area (Å²) in [5.41, 5.74) is 2.51. The number of benzene rings is 1. The molecule has 1 aliphatic heterocycles. The lowest BCUT2D eigenvalue weighted by molar-refractivity contribution is 0.961. The van der Waals surface area contributed by atoms with Crippen LogP contribution in [0.1, 0.15) is 11.1 Å². The molecule has 0 saturated carbocycles. The fourth-order valence-corrected chi connectivity index (χ4v) is 1.48. The van der Waals surface area contributed by atoms with Gasteiger partial charge in [-0.15, -0.1) is 0 Å². The third kappa shape index (κ3) is 2.22. The summed E-state index contributed by atoms with van der Waals surface area (Å²) in [6.07, 6.45) is 4.12. The van der Waals surface area contributed by atoms with Gasteiger partial charge in [-0.2, -0.15) is 0 Å². The summed E-state index contributed by atoms with van der Waals surface area (Å²) < 4.78 is 0. The summed E-state index contributed by atoms with van der Waals surface area (Å²) in [4.78, 5) is 4.29. The molecule has 1 aromatic carbocycles. The van der Waals surface area contributed by atoms with Gasteiger partial charge in [0.1, 0.15) is 5.84 Å². The predicted molar refractivity (Wildman–Crippen MR) is 60.5 cm³/mol. The lowest BCUT2D eigenvalue weighted by Crippen LogP contribution is -2.15. The van der Waals surface area contributed by atoms with E-state index in [1.807, 2.05) is 6.08 Å². The highest BCUT2D eigenvalue weighted by Gasteiger charge is 1.98. The van der Waals surface area contributed by atoms with E-state index in [1.165, 1.54) is 11.1 Å². The van der Waals surface area contributed by atoms with Gasteiger partial charge in [-0.1, -0.05) is 35.9 Å². The van der Waals surface area contributed by atoms with Crippen LogP contribution in [0, 0.1) is 6.92 Å². The van der Waals surface area contributed by atoms with E-state index in [-0.39, 0.29) is 0 Å². The molecule has 0 fully saturated rings. The van der Waals surface area contributed by atoms with Gasteiger partial charge in [-0.05, 0) is 18.6 Å². The lowest BCUT2D eigenvalue weighted by atomic mass is 10.1. The van der Waals surface area contributed by atoms with Gasteiger partial charge in [0.05, 0.1) is 6.54 Å². The van der Waals surface area contributed by atoms with Gasteiger partial charge in [0, 0.05) is 6.54 Å². The first-order valence-electron chi connectivity index (χ1n) is 4.88. The van der Waals surface area contributed by atoms with E-state index in [2.05, 4.69) is 47.6 Å². The zero-order valence-corrected chi connectivity index (χ0v) is 8.33. The summed E-state index contributed by atoms with van der Waals surface area (Å²) in [6.45, 7) is 3.96. The fraction of sp³-hybridized carbons (Fsp3) is 0.250. The van der Waals surface area contributed by atoms with Crippen LogP contribution in [-0.4, -0.2) is 18.9 Å². The largest absolute Gasteiger partial charge is 0.369 e. The molecule has 0 saturated heterocycles. The van der Waals surface area contributed by atoms with Crippen molar-refractivity contribution in [3.63, 3.8) is 0 Å². The van der Waals surface area contributed by atoms with Crippen molar-refractivity contribution in [1.82, 2.24) is 5.32 Å². The predicted octanol–water partition coefficient (Wildman–Crippen LogP) is 2.01. The van der Waals surface area contributed by atoms with E-state index in [0.717, 1.165) is 18.9 Å². The van der Waals surface area contributed by atoms with Crippen LogP contribution in [0.15, 0.2) is 35.3 Å². The quantitative estimate of drug-likeness (QED) is 0.750. The van der Waals surface area contributed by atoms with Gasteiger partial charge >= 0.3 is 0 Å². The minimum Gasteiger partial charge on any atom is -0.369 e. The SMILES string of the molecule is Cc1cccc(/C=C/C2=NCCN2)c1. The number of hydrogen-bond acceptors (Lipinski definition) is 2. The van der Waals surface area contributed by atoms with E-state index in [9.17, 15) is 0 Å². The molecule has 1 aliphatic rings. The molecule has 1 heterocycles. The van der Waals surface area contributed by atoms with Crippen LogP contribution < -0.4 is 5.32 Å². The van der Waals surface area contributed by atoms with Gasteiger partial charge in [0.15, 0.2) is 0 Å². The Morgan fingerprint density at radius 1 is 1.36 bits per heavy atom. The highest BCUT2D eigenvalue weighted by atomic mass is 15.1. The first-order valence-corrected chi connectivity index (χ1v) is 4.88. The Morgan fingerprint density at radius 3 is 3.00 bits per heavy atom. The van der Waals surface area contributed by atoms with E-state index >= 15 is 0 Å². The zero-order chi connectivity index (χ0) is 9.80. The van der Waals surface area contributed by atoms with Gasteiger partial charge in [-0.25, -0.2) is 0 Å². The van der Waals surface area contributed by atoms with Crippen molar-refractivity contribution in [3.05, 3.63) is 41.5 Å². The van der Waals surface area contributed by atoms with Crippen LogP contribution in [0.5, 0.6) is 0 Å². The molecule has 0 atom stereocenters. The third-order valence-corrected chi connectivity index (χ3v) is 2.18. The Morgan fingerprint density at radius 2 is 2.29 bits per heavy atom. The summed E-state index contributed by atoms with van der Waals surface area (Å²) in [5, 5.41) is 3.20. The molecule has 0 aliphatic carbocycles. The number of nitrogens with one attached hydrogen (secondary N) is 1.